The lowest BCUT2D eigenvalue weighted by atomic mass is 9.83. The van der Waals surface area contributed by atoms with E-state index in [2.05, 4.69) is 49.0 Å². The Morgan fingerprint density at radius 3 is 2.76 bits per heavy atom. The minimum atomic E-state index is 0.255. The van der Waals surface area contributed by atoms with Gasteiger partial charge >= 0.3 is 0 Å². The molecule has 0 amide bonds. The molecule has 2 rings (SSSR count). The summed E-state index contributed by atoms with van der Waals surface area (Å²) >= 11 is 0. The van der Waals surface area contributed by atoms with Crippen molar-refractivity contribution in [1.29, 1.82) is 0 Å². The molecule has 1 N–H and O–H groups in total. The van der Waals surface area contributed by atoms with E-state index in [1.54, 1.807) is 7.11 Å². The molecule has 1 aromatic heterocycles. The number of nitrogens with zero attached hydrogens (tertiary/aromatic N) is 2. The Kier molecular flexibility index (Phi) is 5.22. The van der Waals surface area contributed by atoms with E-state index in [1.807, 2.05) is 12.1 Å². The summed E-state index contributed by atoms with van der Waals surface area (Å²) in [6, 6.07) is 7.11. The first-order chi connectivity index (χ1) is 9.94. The van der Waals surface area contributed by atoms with E-state index in [9.17, 15) is 0 Å². The van der Waals surface area contributed by atoms with Crippen molar-refractivity contribution < 1.29 is 4.74 Å². The van der Waals surface area contributed by atoms with Crippen molar-refractivity contribution in [3.8, 4) is 5.88 Å². The molecule has 0 radical (unpaired) electrons. The second-order valence-corrected chi connectivity index (χ2v) is 7.00. The maximum absolute atomic E-state index is 5.24. The summed E-state index contributed by atoms with van der Waals surface area (Å²) in [7, 11) is 1.67. The van der Waals surface area contributed by atoms with Gasteiger partial charge in [0, 0.05) is 37.8 Å². The maximum atomic E-state index is 5.24. The molecular weight excluding hydrogens is 262 g/mol. The van der Waals surface area contributed by atoms with E-state index in [1.165, 1.54) is 6.42 Å². The highest BCUT2D eigenvalue weighted by atomic mass is 16.5. The molecule has 0 aromatic carbocycles. The van der Waals surface area contributed by atoms with Crippen molar-refractivity contribution in [2.45, 2.75) is 52.7 Å². The van der Waals surface area contributed by atoms with Crippen LogP contribution in [0.15, 0.2) is 18.2 Å². The molecule has 0 bridgehead atoms. The summed E-state index contributed by atoms with van der Waals surface area (Å²) in [5.74, 6) is 0.696. The first-order valence-corrected chi connectivity index (χ1v) is 7.91. The van der Waals surface area contributed by atoms with Gasteiger partial charge in [-0.15, -0.1) is 0 Å². The SMILES string of the molecule is CCC1CN(Cc2cccc(OC)n2)C(C(C)(C)C)CN1. The number of pyridine rings is 1. The molecule has 2 heterocycles. The van der Waals surface area contributed by atoms with Gasteiger partial charge in [-0.1, -0.05) is 33.8 Å². The zero-order valence-electron chi connectivity index (χ0n) is 14.0. The van der Waals surface area contributed by atoms with Crippen LogP contribution in [-0.4, -0.2) is 42.2 Å². The smallest absolute Gasteiger partial charge is 0.213 e. The Morgan fingerprint density at radius 1 is 1.38 bits per heavy atom. The molecule has 2 atom stereocenters. The third-order valence-corrected chi connectivity index (χ3v) is 4.34. The standard InChI is InChI=1S/C17H29N3O/c1-6-13-11-20(15(10-18-13)17(2,3)4)12-14-8-7-9-16(19-14)21-5/h7-9,13,15,18H,6,10-12H2,1-5H3. The summed E-state index contributed by atoms with van der Waals surface area (Å²) < 4.78 is 5.24. The van der Waals surface area contributed by atoms with Crippen LogP contribution in [0.1, 0.15) is 39.8 Å². The lowest BCUT2D eigenvalue weighted by molar-refractivity contribution is 0.0474. The van der Waals surface area contributed by atoms with Gasteiger partial charge in [0.15, 0.2) is 0 Å². The van der Waals surface area contributed by atoms with Crippen LogP contribution in [0.3, 0.4) is 0 Å². The van der Waals surface area contributed by atoms with Crippen LogP contribution in [0.2, 0.25) is 0 Å². The molecule has 21 heavy (non-hydrogen) atoms. The Labute approximate surface area is 128 Å². The molecule has 0 saturated carbocycles. The third-order valence-electron chi connectivity index (χ3n) is 4.34. The lowest BCUT2D eigenvalue weighted by Gasteiger charge is -2.46. The molecule has 1 fully saturated rings. The first kappa shape index (κ1) is 16.2. The summed E-state index contributed by atoms with van der Waals surface area (Å²) in [4.78, 5) is 7.14. The van der Waals surface area contributed by atoms with Gasteiger partial charge in [-0.2, -0.15) is 0 Å². The fourth-order valence-corrected chi connectivity index (χ4v) is 3.05. The average molecular weight is 291 g/mol. The van der Waals surface area contributed by atoms with Crippen LogP contribution >= 0.6 is 0 Å². The number of nitrogens with one attached hydrogen (secondary N) is 1. The molecule has 1 aromatic rings. The lowest BCUT2D eigenvalue weighted by Crippen LogP contribution is -2.60. The van der Waals surface area contributed by atoms with Gasteiger partial charge in [-0.3, -0.25) is 4.90 Å². The Morgan fingerprint density at radius 2 is 2.14 bits per heavy atom. The van der Waals surface area contributed by atoms with E-state index in [-0.39, 0.29) is 5.41 Å². The van der Waals surface area contributed by atoms with Gasteiger partial charge in [0.1, 0.15) is 0 Å². The highest BCUT2D eigenvalue weighted by molar-refractivity contribution is 5.16. The molecule has 2 unspecified atom stereocenters. The van der Waals surface area contributed by atoms with Crippen molar-refractivity contribution >= 4 is 0 Å². The van der Waals surface area contributed by atoms with Crippen LogP contribution in [0.4, 0.5) is 0 Å². The van der Waals surface area contributed by atoms with Crippen LogP contribution in [-0.2, 0) is 6.54 Å². The number of aromatic nitrogens is 1. The number of methoxy groups -OCH3 is 1. The Balaban J connectivity index is 2.15. The number of rotatable bonds is 4. The highest BCUT2D eigenvalue weighted by Gasteiger charge is 2.35. The zero-order valence-corrected chi connectivity index (χ0v) is 14.0. The topological polar surface area (TPSA) is 37.4 Å². The van der Waals surface area contributed by atoms with Crippen LogP contribution in [0.5, 0.6) is 5.88 Å². The minimum absolute atomic E-state index is 0.255. The predicted octanol–water partition coefficient (Wildman–Crippen LogP) is 2.69. The summed E-state index contributed by atoms with van der Waals surface area (Å²) in [5.41, 5.74) is 1.34. The highest BCUT2D eigenvalue weighted by Crippen LogP contribution is 2.28. The summed E-state index contributed by atoms with van der Waals surface area (Å²) in [6.45, 7) is 12.2. The molecule has 0 spiro atoms. The molecule has 4 nitrogen and oxygen atoms in total. The average Bonchev–Trinajstić information content (AvgIpc) is 2.46. The zero-order chi connectivity index (χ0) is 15.5. The monoisotopic (exact) mass is 291 g/mol. The minimum Gasteiger partial charge on any atom is -0.481 e. The van der Waals surface area contributed by atoms with Gasteiger partial charge in [-0.25, -0.2) is 4.98 Å². The molecule has 1 saturated heterocycles. The molecule has 0 aliphatic carbocycles. The summed E-state index contributed by atoms with van der Waals surface area (Å²) in [5, 5.41) is 3.68. The maximum Gasteiger partial charge on any atom is 0.213 e. The van der Waals surface area contributed by atoms with Crippen molar-refractivity contribution in [1.82, 2.24) is 15.2 Å². The quantitative estimate of drug-likeness (QED) is 0.925. The third kappa shape index (κ3) is 4.17. The molecule has 1 aliphatic heterocycles. The Bertz CT molecular complexity index is 456. The van der Waals surface area contributed by atoms with E-state index in [0.29, 0.717) is 18.0 Å². The number of ether oxygens (including phenoxy) is 1. The van der Waals surface area contributed by atoms with Crippen molar-refractivity contribution in [3.63, 3.8) is 0 Å². The summed E-state index contributed by atoms with van der Waals surface area (Å²) in [6.07, 6.45) is 1.17. The van der Waals surface area contributed by atoms with Gasteiger partial charge in [0.2, 0.25) is 5.88 Å². The van der Waals surface area contributed by atoms with Crippen molar-refractivity contribution in [2.24, 2.45) is 5.41 Å². The van der Waals surface area contributed by atoms with E-state index >= 15 is 0 Å². The molecular formula is C17H29N3O. The van der Waals surface area contributed by atoms with Gasteiger partial charge < -0.3 is 10.1 Å². The fraction of sp³-hybridized carbons (Fsp3) is 0.706. The van der Waals surface area contributed by atoms with Crippen LogP contribution < -0.4 is 10.1 Å². The largest absolute Gasteiger partial charge is 0.481 e. The van der Waals surface area contributed by atoms with E-state index in [0.717, 1.165) is 25.3 Å². The fourth-order valence-electron chi connectivity index (χ4n) is 3.05. The Hall–Kier alpha value is -1.13. The second-order valence-electron chi connectivity index (χ2n) is 7.00. The molecule has 1 aliphatic rings. The normalized spacial score (nSPS) is 24.0. The molecule has 4 heteroatoms. The van der Waals surface area contributed by atoms with E-state index < -0.39 is 0 Å². The second kappa shape index (κ2) is 6.75. The van der Waals surface area contributed by atoms with Crippen LogP contribution in [0, 0.1) is 5.41 Å². The van der Waals surface area contributed by atoms with Crippen molar-refractivity contribution in [2.75, 3.05) is 20.2 Å². The van der Waals surface area contributed by atoms with E-state index in [4.69, 9.17) is 4.74 Å². The predicted molar refractivity (Wildman–Crippen MR) is 86.5 cm³/mol. The van der Waals surface area contributed by atoms with Gasteiger partial charge in [0.25, 0.3) is 0 Å². The molecule has 118 valence electrons. The number of hydrogen-bond acceptors (Lipinski definition) is 4. The van der Waals surface area contributed by atoms with Gasteiger partial charge in [0.05, 0.1) is 12.8 Å². The van der Waals surface area contributed by atoms with Crippen molar-refractivity contribution in [3.05, 3.63) is 23.9 Å². The number of piperazine rings is 1. The van der Waals surface area contributed by atoms with Gasteiger partial charge in [-0.05, 0) is 17.9 Å². The van der Waals surface area contributed by atoms with Crippen LogP contribution in [0.25, 0.3) is 0 Å². The first-order valence-electron chi connectivity index (χ1n) is 7.91. The number of hydrogen-bond donors (Lipinski definition) is 1.